The fourth-order valence-electron chi connectivity index (χ4n) is 1.67. The maximum absolute atomic E-state index is 12.8. The van der Waals surface area contributed by atoms with Crippen molar-refractivity contribution in [2.24, 2.45) is 0 Å². The maximum Gasteiger partial charge on any atom is 0.141 e. The molecule has 0 fully saturated rings. The lowest BCUT2D eigenvalue weighted by atomic mass is 10.1. The molecule has 0 spiro atoms. The number of pyridine rings is 1. The second-order valence-electron chi connectivity index (χ2n) is 4.00. The van der Waals surface area contributed by atoms with Gasteiger partial charge in [0.15, 0.2) is 0 Å². The van der Waals surface area contributed by atoms with Crippen LogP contribution in [0.15, 0.2) is 18.3 Å². The largest absolute Gasteiger partial charge is 0.309 e. The minimum absolute atomic E-state index is 0.170. The van der Waals surface area contributed by atoms with Crippen LogP contribution in [0.25, 0.3) is 0 Å². The Balaban J connectivity index is 2.61. The average molecular weight is 234 g/mol. The molecule has 1 N–H and O–H groups in total. The highest BCUT2D eigenvalue weighted by molar-refractivity contribution is 5.10. The molecule has 0 saturated carbocycles. The smallest absolute Gasteiger partial charge is 0.141 e. The Morgan fingerprint density at radius 3 is 2.94 bits per heavy atom. The van der Waals surface area contributed by atoms with Gasteiger partial charge < -0.3 is 5.32 Å². The quantitative estimate of drug-likeness (QED) is 0.579. The SMILES string of the molecule is C#CCCCC(NCCC)c1ccc(F)cn1. The summed E-state index contributed by atoms with van der Waals surface area (Å²) in [6, 6.07) is 3.35. The van der Waals surface area contributed by atoms with E-state index in [4.69, 9.17) is 6.42 Å². The summed E-state index contributed by atoms with van der Waals surface area (Å²) in [5, 5.41) is 3.41. The zero-order valence-corrected chi connectivity index (χ0v) is 10.2. The number of hydrogen-bond acceptors (Lipinski definition) is 2. The first-order chi connectivity index (χ1) is 8.27. The molecule has 0 aliphatic carbocycles. The highest BCUT2D eigenvalue weighted by atomic mass is 19.1. The van der Waals surface area contributed by atoms with Gasteiger partial charge in [0.05, 0.1) is 11.9 Å². The third kappa shape index (κ3) is 4.97. The molecular weight excluding hydrogens is 215 g/mol. The first kappa shape index (κ1) is 13.7. The second-order valence-corrected chi connectivity index (χ2v) is 4.00. The number of rotatable bonds is 7. The van der Waals surface area contributed by atoms with Crippen molar-refractivity contribution in [3.8, 4) is 12.3 Å². The molecule has 17 heavy (non-hydrogen) atoms. The molecule has 0 amide bonds. The van der Waals surface area contributed by atoms with Crippen LogP contribution in [0.5, 0.6) is 0 Å². The van der Waals surface area contributed by atoms with Crippen LogP contribution in [-0.4, -0.2) is 11.5 Å². The Morgan fingerprint density at radius 2 is 2.35 bits per heavy atom. The average Bonchev–Trinajstić information content (AvgIpc) is 2.35. The molecule has 2 nitrogen and oxygen atoms in total. The zero-order valence-electron chi connectivity index (χ0n) is 10.2. The van der Waals surface area contributed by atoms with E-state index in [9.17, 15) is 4.39 Å². The van der Waals surface area contributed by atoms with Crippen LogP contribution in [-0.2, 0) is 0 Å². The number of aromatic nitrogens is 1. The topological polar surface area (TPSA) is 24.9 Å². The van der Waals surface area contributed by atoms with Gasteiger partial charge in [0.1, 0.15) is 5.82 Å². The van der Waals surface area contributed by atoms with Crippen LogP contribution >= 0.6 is 0 Å². The number of nitrogens with zero attached hydrogens (tertiary/aromatic N) is 1. The fourth-order valence-corrected chi connectivity index (χ4v) is 1.67. The fraction of sp³-hybridized carbons (Fsp3) is 0.500. The van der Waals surface area contributed by atoms with Gasteiger partial charge in [-0.3, -0.25) is 4.98 Å². The minimum Gasteiger partial charge on any atom is -0.309 e. The molecular formula is C14H19FN2. The normalized spacial score (nSPS) is 12.1. The van der Waals surface area contributed by atoms with Crippen LogP contribution in [0.3, 0.4) is 0 Å². The van der Waals surface area contributed by atoms with Gasteiger partial charge in [-0.2, -0.15) is 0 Å². The Kier molecular flexibility index (Phi) is 6.27. The summed E-state index contributed by atoms with van der Waals surface area (Å²) in [5.41, 5.74) is 0.886. The van der Waals surface area contributed by atoms with Crippen LogP contribution in [0.1, 0.15) is 44.3 Å². The van der Waals surface area contributed by atoms with Crippen molar-refractivity contribution in [2.75, 3.05) is 6.54 Å². The summed E-state index contributed by atoms with van der Waals surface area (Å²) in [4.78, 5) is 4.12. The Morgan fingerprint density at radius 1 is 1.53 bits per heavy atom. The molecule has 0 bridgehead atoms. The van der Waals surface area contributed by atoms with E-state index in [-0.39, 0.29) is 11.9 Å². The van der Waals surface area contributed by atoms with E-state index in [1.165, 1.54) is 12.3 Å². The Bertz CT molecular complexity index is 353. The molecule has 1 heterocycles. The molecule has 0 aromatic carbocycles. The molecule has 0 radical (unpaired) electrons. The van der Waals surface area contributed by atoms with E-state index < -0.39 is 0 Å². The summed E-state index contributed by atoms with van der Waals surface area (Å²) in [6.07, 6.45) is 10.2. The molecule has 1 atom stereocenters. The second kappa shape index (κ2) is 7.81. The lowest BCUT2D eigenvalue weighted by molar-refractivity contribution is 0.475. The Hall–Kier alpha value is -1.40. The van der Waals surface area contributed by atoms with Crippen LogP contribution in [0.4, 0.5) is 4.39 Å². The number of hydrogen-bond donors (Lipinski definition) is 1. The molecule has 3 heteroatoms. The third-order valence-electron chi connectivity index (χ3n) is 2.56. The van der Waals surface area contributed by atoms with Gasteiger partial charge in [-0.1, -0.05) is 6.92 Å². The van der Waals surface area contributed by atoms with Gasteiger partial charge in [0.2, 0.25) is 0 Å². The number of unbranched alkanes of at least 4 members (excludes halogenated alkanes) is 1. The number of terminal acetylenes is 1. The van der Waals surface area contributed by atoms with Crippen LogP contribution in [0, 0.1) is 18.2 Å². The van der Waals surface area contributed by atoms with E-state index >= 15 is 0 Å². The van der Waals surface area contributed by atoms with Gasteiger partial charge in [-0.15, -0.1) is 12.3 Å². The molecule has 1 aromatic heterocycles. The van der Waals surface area contributed by atoms with Crippen molar-refractivity contribution in [2.45, 2.75) is 38.6 Å². The molecule has 0 aliphatic rings. The number of halogens is 1. The van der Waals surface area contributed by atoms with Gasteiger partial charge >= 0.3 is 0 Å². The molecule has 1 rings (SSSR count). The van der Waals surface area contributed by atoms with E-state index in [0.717, 1.165) is 37.9 Å². The van der Waals surface area contributed by atoms with Gasteiger partial charge in [-0.25, -0.2) is 4.39 Å². The number of nitrogens with one attached hydrogen (secondary N) is 1. The highest BCUT2D eigenvalue weighted by Gasteiger charge is 2.11. The summed E-state index contributed by atoms with van der Waals surface area (Å²) >= 11 is 0. The van der Waals surface area contributed by atoms with Crippen LogP contribution in [0.2, 0.25) is 0 Å². The molecule has 1 aromatic rings. The molecule has 92 valence electrons. The van der Waals surface area contributed by atoms with E-state index in [2.05, 4.69) is 23.1 Å². The predicted molar refractivity (Wildman–Crippen MR) is 67.9 cm³/mol. The van der Waals surface area contributed by atoms with E-state index in [1.807, 2.05) is 0 Å². The van der Waals surface area contributed by atoms with Crippen molar-refractivity contribution in [1.29, 1.82) is 0 Å². The summed E-state index contributed by atoms with van der Waals surface area (Å²) < 4.78 is 12.8. The van der Waals surface area contributed by atoms with Crippen LogP contribution < -0.4 is 5.32 Å². The van der Waals surface area contributed by atoms with Gasteiger partial charge in [-0.05, 0) is 37.9 Å². The predicted octanol–water partition coefficient (Wildman–Crippen LogP) is 3.06. The molecule has 1 unspecified atom stereocenters. The summed E-state index contributed by atoms with van der Waals surface area (Å²) in [7, 11) is 0. The van der Waals surface area contributed by atoms with Crippen molar-refractivity contribution in [1.82, 2.24) is 10.3 Å². The molecule has 0 saturated heterocycles. The van der Waals surface area contributed by atoms with Crippen molar-refractivity contribution in [3.05, 3.63) is 29.8 Å². The minimum atomic E-state index is -0.299. The zero-order chi connectivity index (χ0) is 12.5. The third-order valence-corrected chi connectivity index (χ3v) is 2.56. The summed E-state index contributed by atoms with van der Waals surface area (Å²) in [6.45, 7) is 3.05. The van der Waals surface area contributed by atoms with Crippen molar-refractivity contribution >= 4 is 0 Å². The first-order valence-electron chi connectivity index (χ1n) is 6.06. The first-order valence-corrected chi connectivity index (χ1v) is 6.06. The van der Waals surface area contributed by atoms with E-state index in [1.54, 1.807) is 6.07 Å². The standard InChI is InChI=1S/C14H19FN2/c1-3-5-6-7-13(16-10-4-2)14-9-8-12(15)11-17-14/h1,8-9,11,13,16H,4-7,10H2,2H3. The molecule has 0 aliphatic heterocycles. The lowest BCUT2D eigenvalue weighted by Gasteiger charge is -2.17. The van der Waals surface area contributed by atoms with Crippen molar-refractivity contribution in [3.63, 3.8) is 0 Å². The lowest BCUT2D eigenvalue weighted by Crippen LogP contribution is -2.23. The Labute approximate surface area is 103 Å². The maximum atomic E-state index is 12.8. The summed E-state index contributed by atoms with van der Waals surface area (Å²) in [5.74, 6) is 2.33. The van der Waals surface area contributed by atoms with Crippen molar-refractivity contribution < 1.29 is 4.39 Å². The monoisotopic (exact) mass is 234 g/mol. The highest BCUT2D eigenvalue weighted by Crippen LogP contribution is 2.17. The van der Waals surface area contributed by atoms with E-state index in [0.29, 0.717) is 0 Å². The van der Waals surface area contributed by atoms with Gasteiger partial charge in [0, 0.05) is 12.5 Å². The van der Waals surface area contributed by atoms with Gasteiger partial charge in [0.25, 0.3) is 0 Å².